The second kappa shape index (κ2) is 5.11. The molecular formula is C11H13N3O4. The Morgan fingerprint density at radius 2 is 2.17 bits per heavy atom. The van der Waals surface area contributed by atoms with Crippen LogP contribution >= 0.6 is 0 Å². The number of methoxy groups -OCH3 is 2. The number of ether oxygens (including phenoxy) is 2. The molecule has 0 fully saturated rings. The van der Waals surface area contributed by atoms with Crippen molar-refractivity contribution in [3.63, 3.8) is 0 Å². The van der Waals surface area contributed by atoms with Crippen molar-refractivity contribution in [2.24, 2.45) is 0 Å². The summed E-state index contributed by atoms with van der Waals surface area (Å²) in [5.41, 5.74) is 0.858. The monoisotopic (exact) mass is 251 g/mol. The van der Waals surface area contributed by atoms with Crippen LogP contribution in [0.2, 0.25) is 0 Å². The van der Waals surface area contributed by atoms with E-state index in [1.165, 1.54) is 12.1 Å². The van der Waals surface area contributed by atoms with Gasteiger partial charge >= 0.3 is 0 Å². The number of fused-ring (bicyclic) bond motifs is 1. The van der Waals surface area contributed by atoms with E-state index >= 15 is 0 Å². The molecular weight excluding hydrogens is 238 g/mol. The molecule has 0 amide bonds. The molecule has 0 aliphatic carbocycles. The second-order valence-corrected chi connectivity index (χ2v) is 3.73. The second-order valence-electron chi connectivity index (χ2n) is 3.73. The highest BCUT2D eigenvalue weighted by Crippen LogP contribution is 2.20. The maximum atomic E-state index is 10.7. The number of hydrogen-bond acceptors (Lipinski definition) is 5. The Labute approximate surface area is 103 Å². The van der Waals surface area contributed by atoms with Gasteiger partial charge in [0.1, 0.15) is 0 Å². The molecule has 0 spiro atoms. The third-order valence-corrected chi connectivity index (χ3v) is 2.68. The largest absolute Gasteiger partial charge is 0.354 e. The molecule has 0 saturated heterocycles. The van der Waals surface area contributed by atoms with Crippen LogP contribution in [0.15, 0.2) is 24.4 Å². The Kier molecular flexibility index (Phi) is 3.54. The Bertz CT molecular complexity index is 562. The normalized spacial score (nSPS) is 11.3. The first-order valence-corrected chi connectivity index (χ1v) is 5.31. The molecule has 1 heterocycles. The van der Waals surface area contributed by atoms with Crippen molar-refractivity contribution in [1.29, 1.82) is 0 Å². The molecule has 2 aromatic rings. The number of hydrogen-bond donors (Lipinski definition) is 0. The Balaban J connectivity index is 2.34. The molecule has 0 saturated carbocycles. The molecule has 7 heteroatoms. The zero-order valence-corrected chi connectivity index (χ0v) is 10.1. The molecule has 2 rings (SSSR count). The lowest BCUT2D eigenvalue weighted by Crippen LogP contribution is -2.21. The maximum absolute atomic E-state index is 10.7. The van der Waals surface area contributed by atoms with E-state index in [2.05, 4.69) is 5.10 Å². The molecule has 0 aliphatic rings. The summed E-state index contributed by atoms with van der Waals surface area (Å²) in [7, 11) is 3.09. The van der Waals surface area contributed by atoms with E-state index in [4.69, 9.17) is 9.47 Å². The summed E-state index contributed by atoms with van der Waals surface area (Å²) in [4.78, 5) is 10.2. The predicted octanol–water partition coefficient (Wildman–Crippen LogP) is 1.56. The van der Waals surface area contributed by atoms with Crippen molar-refractivity contribution in [2.45, 2.75) is 12.8 Å². The lowest BCUT2D eigenvalue weighted by atomic mass is 10.2. The van der Waals surface area contributed by atoms with Crippen molar-refractivity contribution >= 4 is 16.6 Å². The number of aromatic nitrogens is 2. The minimum Gasteiger partial charge on any atom is -0.354 e. The average molecular weight is 251 g/mol. The van der Waals surface area contributed by atoms with Crippen LogP contribution in [0.1, 0.15) is 0 Å². The van der Waals surface area contributed by atoms with E-state index in [1.807, 2.05) is 0 Å². The minimum atomic E-state index is -0.427. The van der Waals surface area contributed by atoms with E-state index in [0.717, 1.165) is 10.9 Å². The van der Waals surface area contributed by atoms with Crippen LogP contribution in [0.25, 0.3) is 10.9 Å². The van der Waals surface area contributed by atoms with Crippen molar-refractivity contribution in [2.75, 3.05) is 14.2 Å². The first-order chi connectivity index (χ1) is 8.65. The number of rotatable bonds is 5. The zero-order valence-electron chi connectivity index (χ0n) is 10.1. The topological polar surface area (TPSA) is 79.4 Å². The highest BCUT2D eigenvalue weighted by molar-refractivity contribution is 5.81. The van der Waals surface area contributed by atoms with Crippen LogP contribution in [0.4, 0.5) is 5.69 Å². The smallest absolute Gasteiger partial charge is 0.270 e. The van der Waals surface area contributed by atoms with Gasteiger partial charge in [0.05, 0.1) is 23.2 Å². The number of nitrogens with zero attached hydrogens (tertiary/aromatic N) is 3. The molecule has 1 aromatic heterocycles. The van der Waals surface area contributed by atoms with Crippen molar-refractivity contribution in [3.05, 3.63) is 34.5 Å². The highest BCUT2D eigenvalue weighted by Gasteiger charge is 2.12. The van der Waals surface area contributed by atoms with Crippen molar-refractivity contribution in [1.82, 2.24) is 9.78 Å². The summed E-state index contributed by atoms with van der Waals surface area (Å²) < 4.78 is 11.9. The fraction of sp³-hybridized carbons (Fsp3) is 0.364. The summed E-state index contributed by atoms with van der Waals surface area (Å²) in [5, 5.41) is 15.5. The first-order valence-electron chi connectivity index (χ1n) is 5.31. The summed E-state index contributed by atoms with van der Waals surface area (Å²) in [5.74, 6) is 0. The standard InChI is InChI=1S/C11H13N3O4/c1-17-11(18-2)7-13-10-4-3-9(14(15)16)5-8(10)6-12-13/h3-6,11H,7H2,1-2H3. The highest BCUT2D eigenvalue weighted by atomic mass is 16.7. The van der Waals surface area contributed by atoms with E-state index in [1.54, 1.807) is 31.2 Å². The van der Waals surface area contributed by atoms with Gasteiger partial charge in [-0.2, -0.15) is 5.10 Å². The van der Waals surface area contributed by atoms with Crippen LogP contribution in [-0.4, -0.2) is 35.2 Å². The molecule has 0 unspecified atom stereocenters. The predicted molar refractivity (Wildman–Crippen MR) is 64.2 cm³/mol. The van der Waals surface area contributed by atoms with E-state index < -0.39 is 11.2 Å². The van der Waals surface area contributed by atoms with Crippen LogP contribution in [0.3, 0.4) is 0 Å². The molecule has 96 valence electrons. The zero-order chi connectivity index (χ0) is 13.1. The average Bonchev–Trinajstić information content (AvgIpc) is 2.78. The van der Waals surface area contributed by atoms with Gasteiger partial charge in [0.15, 0.2) is 6.29 Å². The lowest BCUT2D eigenvalue weighted by Gasteiger charge is -2.13. The third kappa shape index (κ3) is 2.31. The van der Waals surface area contributed by atoms with Gasteiger partial charge in [-0.25, -0.2) is 0 Å². The summed E-state index contributed by atoms with van der Waals surface area (Å²) >= 11 is 0. The Morgan fingerprint density at radius 1 is 1.44 bits per heavy atom. The Morgan fingerprint density at radius 3 is 2.78 bits per heavy atom. The van der Waals surface area contributed by atoms with Gasteiger partial charge < -0.3 is 9.47 Å². The van der Waals surface area contributed by atoms with E-state index in [-0.39, 0.29) is 5.69 Å². The minimum absolute atomic E-state index is 0.0529. The quantitative estimate of drug-likeness (QED) is 0.457. The number of nitro groups is 1. The molecule has 0 bridgehead atoms. The number of non-ortho nitro benzene ring substituents is 1. The van der Waals surface area contributed by atoms with Gasteiger partial charge in [-0.3, -0.25) is 14.8 Å². The van der Waals surface area contributed by atoms with Crippen LogP contribution < -0.4 is 0 Å². The summed E-state index contributed by atoms with van der Waals surface area (Å²) in [6.07, 6.45) is 1.19. The van der Waals surface area contributed by atoms with Gasteiger partial charge in [-0.05, 0) is 6.07 Å². The van der Waals surface area contributed by atoms with Gasteiger partial charge in [0, 0.05) is 31.7 Å². The van der Waals surface area contributed by atoms with Crippen molar-refractivity contribution < 1.29 is 14.4 Å². The molecule has 0 atom stereocenters. The molecule has 18 heavy (non-hydrogen) atoms. The number of benzene rings is 1. The third-order valence-electron chi connectivity index (χ3n) is 2.68. The lowest BCUT2D eigenvalue weighted by molar-refractivity contribution is -0.384. The molecule has 0 N–H and O–H groups in total. The molecule has 1 aromatic carbocycles. The van der Waals surface area contributed by atoms with Crippen LogP contribution in [-0.2, 0) is 16.0 Å². The fourth-order valence-electron chi connectivity index (χ4n) is 1.72. The first kappa shape index (κ1) is 12.5. The van der Waals surface area contributed by atoms with Gasteiger partial charge in [-0.1, -0.05) is 0 Å². The van der Waals surface area contributed by atoms with E-state index in [0.29, 0.717) is 6.54 Å². The van der Waals surface area contributed by atoms with Crippen LogP contribution in [0, 0.1) is 10.1 Å². The van der Waals surface area contributed by atoms with E-state index in [9.17, 15) is 10.1 Å². The molecule has 7 nitrogen and oxygen atoms in total. The number of nitro benzene ring substituents is 1. The van der Waals surface area contributed by atoms with Crippen LogP contribution in [0.5, 0.6) is 0 Å². The maximum Gasteiger partial charge on any atom is 0.270 e. The van der Waals surface area contributed by atoms with Gasteiger partial charge in [-0.15, -0.1) is 0 Å². The van der Waals surface area contributed by atoms with Crippen molar-refractivity contribution in [3.8, 4) is 0 Å². The summed E-state index contributed by atoms with van der Waals surface area (Å²) in [6.45, 7) is 0.425. The summed E-state index contributed by atoms with van der Waals surface area (Å²) in [6, 6.07) is 4.62. The molecule has 0 radical (unpaired) electrons. The molecule has 0 aliphatic heterocycles. The van der Waals surface area contributed by atoms with Gasteiger partial charge in [0.2, 0.25) is 0 Å². The Hall–Kier alpha value is -1.99. The van der Waals surface area contributed by atoms with Gasteiger partial charge in [0.25, 0.3) is 5.69 Å². The fourth-order valence-corrected chi connectivity index (χ4v) is 1.72. The SMILES string of the molecule is COC(Cn1ncc2cc([N+](=O)[O-])ccc21)OC.